The minimum absolute atomic E-state index is 0.138. The van der Waals surface area contributed by atoms with Crippen molar-refractivity contribution in [2.75, 3.05) is 44.3 Å². The second-order valence-electron chi connectivity index (χ2n) is 4.78. The van der Waals surface area contributed by atoms with Crippen LogP contribution in [0.5, 0.6) is 0 Å². The Hall–Kier alpha value is -0.820. The van der Waals surface area contributed by atoms with E-state index in [2.05, 4.69) is 4.90 Å². The van der Waals surface area contributed by atoms with E-state index in [-0.39, 0.29) is 17.9 Å². The highest BCUT2D eigenvalue weighted by atomic mass is 32.2. The zero-order chi connectivity index (χ0) is 13.2. The minimum Gasteiger partial charge on any atom is -0.450 e. The third kappa shape index (κ3) is 3.14. The predicted molar refractivity (Wildman–Crippen MR) is 67.2 cm³/mol. The van der Waals surface area contributed by atoms with Gasteiger partial charge in [-0.05, 0) is 13.3 Å². The number of piperazine rings is 1. The molecule has 104 valence electrons. The molecule has 7 heteroatoms. The monoisotopic (exact) mass is 276 g/mol. The van der Waals surface area contributed by atoms with E-state index in [1.54, 1.807) is 11.8 Å². The molecule has 0 aliphatic carbocycles. The Morgan fingerprint density at radius 1 is 1.28 bits per heavy atom. The van der Waals surface area contributed by atoms with E-state index in [1.807, 2.05) is 0 Å². The third-order valence-corrected chi connectivity index (χ3v) is 5.32. The summed E-state index contributed by atoms with van der Waals surface area (Å²) < 4.78 is 27.8. The first kappa shape index (κ1) is 13.6. The van der Waals surface area contributed by atoms with Crippen LogP contribution in [0, 0.1) is 0 Å². The molecule has 1 unspecified atom stereocenters. The maximum atomic E-state index is 11.5. The average Bonchev–Trinajstić information content (AvgIpc) is 2.70. The van der Waals surface area contributed by atoms with Crippen LogP contribution >= 0.6 is 0 Å². The third-order valence-electron chi connectivity index (χ3n) is 3.57. The van der Waals surface area contributed by atoms with Gasteiger partial charge in [0.25, 0.3) is 0 Å². The molecular weight excluding hydrogens is 256 g/mol. The Kier molecular flexibility index (Phi) is 4.11. The zero-order valence-corrected chi connectivity index (χ0v) is 11.5. The van der Waals surface area contributed by atoms with E-state index in [9.17, 15) is 13.2 Å². The predicted octanol–water partition coefficient (Wildman–Crippen LogP) is -0.0524. The summed E-state index contributed by atoms with van der Waals surface area (Å²) in [4.78, 5) is 15.4. The lowest BCUT2D eigenvalue weighted by molar-refractivity contribution is 0.0697. The Morgan fingerprint density at radius 3 is 2.44 bits per heavy atom. The van der Waals surface area contributed by atoms with E-state index in [4.69, 9.17) is 4.74 Å². The number of carbonyl (C=O) groups is 1. The molecule has 6 nitrogen and oxygen atoms in total. The molecule has 0 aromatic carbocycles. The molecule has 2 aliphatic rings. The first-order valence-corrected chi connectivity index (χ1v) is 8.20. The van der Waals surface area contributed by atoms with Crippen molar-refractivity contribution >= 4 is 15.9 Å². The summed E-state index contributed by atoms with van der Waals surface area (Å²) in [6.07, 6.45) is 0.457. The number of carbonyl (C=O) groups excluding carboxylic acids is 1. The second kappa shape index (κ2) is 5.44. The van der Waals surface area contributed by atoms with Gasteiger partial charge in [0.15, 0.2) is 9.84 Å². The molecule has 2 fully saturated rings. The number of sulfone groups is 1. The summed E-state index contributed by atoms with van der Waals surface area (Å²) in [6.45, 7) is 4.89. The van der Waals surface area contributed by atoms with Crippen molar-refractivity contribution in [3.8, 4) is 0 Å². The summed E-state index contributed by atoms with van der Waals surface area (Å²) in [5, 5.41) is 0. The maximum absolute atomic E-state index is 11.5. The van der Waals surface area contributed by atoms with Gasteiger partial charge in [-0.25, -0.2) is 13.2 Å². The van der Waals surface area contributed by atoms with Crippen LogP contribution in [0.3, 0.4) is 0 Å². The minimum atomic E-state index is -2.83. The van der Waals surface area contributed by atoms with Crippen LogP contribution in [0.4, 0.5) is 4.79 Å². The maximum Gasteiger partial charge on any atom is 0.409 e. The van der Waals surface area contributed by atoms with E-state index >= 15 is 0 Å². The van der Waals surface area contributed by atoms with Crippen LogP contribution in [0.2, 0.25) is 0 Å². The second-order valence-corrected chi connectivity index (χ2v) is 7.01. The fourth-order valence-electron chi connectivity index (χ4n) is 2.55. The van der Waals surface area contributed by atoms with Crippen LogP contribution in [-0.4, -0.2) is 74.6 Å². The molecule has 1 atom stereocenters. The van der Waals surface area contributed by atoms with Gasteiger partial charge in [-0.15, -0.1) is 0 Å². The fourth-order valence-corrected chi connectivity index (χ4v) is 4.31. The molecule has 2 saturated heterocycles. The van der Waals surface area contributed by atoms with Gasteiger partial charge < -0.3 is 9.64 Å². The Balaban J connectivity index is 1.82. The first-order valence-electron chi connectivity index (χ1n) is 6.38. The molecule has 2 rings (SSSR count). The van der Waals surface area contributed by atoms with Gasteiger partial charge in [-0.3, -0.25) is 4.90 Å². The Bertz CT molecular complexity index is 401. The highest BCUT2D eigenvalue weighted by molar-refractivity contribution is 7.91. The summed E-state index contributed by atoms with van der Waals surface area (Å²) in [5.41, 5.74) is 0. The zero-order valence-electron chi connectivity index (χ0n) is 10.7. The lowest BCUT2D eigenvalue weighted by Gasteiger charge is -2.36. The van der Waals surface area contributed by atoms with Crippen LogP contribution in [0.1, 0.15) is 13.3 Å². The standard InChI is InChI=1S/C11H20N2O4S/c1-2-17-11(14)13-6-4-12(5-7-13)10-3-8-18(15,16)9-10/h10H,2-9H2,1H3. The van der Waals surface area contributed by atoms with Crippen molar-refractivity contribution < 1.29 is 17.9 Å². The van der Waals surface area contributed by atoms with Crippen molar-refractivity contribution in [1.82, 2.24) is 9.80 Å². The van der Waals surface area contributed by atoms with Crippen molar-refractivity contribution in [2.45, 2.75) is 19.4 Å². The fraction of sp³-hybridized carbons (Fsp3) is 0.909. The van der Waals surface area contributed by atoms with Gasteiger partial charge in [0.1, 0.15) is 0 Å². The molecule has 1 amide bonds. The van der Waals surface area contributed by atoms with Crippen molar-refractivity contribution in [3.63, 3.8) is 0 Å². The molecule has 0 N–H and O–H groups in total. The first-order chi connectivity index (χ1) is 8.52. The number of nitrogens with zero attached hydrogens (tertiary/aromatic N) is 2. The lowest BCUT2D eigenvalue weighted by atomic mass is 10.2. The molecule has 0 saturated carbocycles. The van der Waals surface area contributed by atoms with Crippen LogP contribution in [-0.2, 0) is 14.6 Å². The van der Waals surface area contributed by atoms with Gasteiger partial charge in [0, 0.05) is 32.2 Å². The number of hydrogen-bond donors (Lipinski definition) is 0. The van der Waals surface area contributed by atoms with Crippen LogP contribution in [0.15, 0.2) is 0 Å². The lowest BCUT2D eigenvalue weighted by Crippen LogP contribution is -2.52. The van der Waals surface area contributed by atoms with Crippen molar-refractivity contribution in [1.29, 1.82) is 0 Å². The summed E-state index contributed by atoms with van der Waals surface area (Å²) >= 11 is 0. The Labute approximate surface area is 108 Å². The van der Waals surface area contributed by atoms with Gasteiger partial charge in [0.2, 0.25) is 0 Å². The van der Waals surface area contributed by atoms with Gasteiger partial charge in [-0.2, -0.15) is 0 Å². The quantitative estimate of drug-likeness (QED) is 0.707. The molecule has 0 radical (unpaired) electrons. The van der Waals surface area contributed by atoms with Gasteiger partial charge >= 0.3 is 6.09 Å². The van der Waals surface area contributed by atoms with Crippen molar-refractivity contribution in [3.05, 3.63) is 0 Å². The van der Waals surface area contributed by atoms with Gasteiger partial charge in [0.05, 0.1) is 18.1 Å². The largest absolute Gasteiger partial charge is 0.450 e. The van der Waals surface area contributed by atoms with E-state index in [1.165, 1.54) is 0 Å². The van der Waals surface area contributed by atoms with E-state index in [0.29, 0.717) is 25.4 Å². The normalized spacial score (nSPS) is 28.3. The molecule has 0 aromatic rings. The number of amides is 1. The molecule has 0 aromatic heterocycles. The van der Waals surface area contributed by atoms with E-state index in [0.717, 1.165) is 19.5 Å². The molecule has 2 aliphatic heterocycles. The number of hydrogen-bond acceptors (Lipinski definition) is 5. The molecule has 0 bridgehead atoms. The smallest absolute Gasteiger partial charge is 0.409 e. The van der Waals surface area contributed by atoms with Crippen LogP contribution < -0.4 is 0 Å². The Morgan fingerprint density at radius 2 is 1.94 bits per heavy atom. The topological polar surface area (TPSA) is 66.9 Å². The van der Waals surface area contributed by atoms with Gasteiger partial charge in [-0.1, -0.05) is 0 Å². The molecular formula is C11H20N2O4S. The highest BCUT2D eigenvalue weighted by Gasteiger charge is 2.34. The van der Waals surface area contributed by atoms with Crippen molar-refractivity contribution in [2.24, 2.45) is 0 Å². The van der Waals surface area contributed by atoms with E-state index < -0.39 is 9.84 Å². The summed E-state index contributed by atoms with van der Waals surface area (Å²) in [7, 11) is -2.83. The number of ether oxygens (including phenoxy) is 1. The average molecular weight is 276 g/mol. The van der Waals surface area contributed by atoms with Crippen LogP contribution in [0.25, 0.3) is 0 Å². The molecule has 18 heavy (non-hydrogen) atoms. The molecule has 2 heterocycles. The summed E-state index contributed by atoms with van der Waals surface area (Å²) in [6, 6.07) is 0.138. The SMILES string of the molecule is CCOC(=O)N1CCN(C2CCS(=O)(=O)C2)CC1. The highest BCUT2D eigenvalue weighted by Crippen LogP contribution is 2.19. The number of rotatable bonds is 2. The summed E-state index contributed by atoms with van der Waals surface area (Å²) in [5.74, 6) is 0.572. The molecule has 0 spiro atoms.